The van der Waals surface area contributed by atoms with Gasteiger partial charge in [0.15, 0.2) is 5.69 Å². The van der Waals surface area contributed by atoms with Crippen molar-refractivity contribution in [2.45, 2.75) is 40.2 Å². The second-order valence-corrected chi connectivity index (χ2v) is 10.5. The van der Waals surface area contributed by atoms with Crippen LogP contribution in [0.2, 0.25) is 0 Å². The van der Waals surface area contributed by atoms with Gasteiger partial charge in [0.25, 0.3) is 11.8 Å². The molecule has 2 heterocycles. The SMILES string of the molecule is Cc1ccc(C)c(N(C(=O)c2snc(C(N)=O)c2N)C(C(=O)NCCC(C)C)c2c[nH]c3ccccc23)c1. The summed E-state index contributed by atoms with van der Waals surface area (Å²) in [4.78, 5) is 44.8. The fraction of sp³-hybridized carbons (Fsp3) is 0.286. The number of anilines is 2. The molecule has 2 aromatic heterocycles. The van der Waals surface area contributed by atoms with Gasteiger partial charge in [-0.2, -0.15) is 4.37 Å². The lowest BCUT2D eigenvalue weighted by Crippen LogP contribution is -2.44. The Morgan fingerprint density at radius 2 is 1.87 bits per heavy atom. The lowest BCUT2D eigenvalue weighted by atomic mass is 9.99. The normalized spacial score (nSPS) is 12.0. The molecule has 0 bridgehead atoms. The third kappa shape index (κ3) is 5.26. The summed E-state index contributed by atoms with van der Waals surface area (Å²) in [6.07, 6.45) is 2.54. The van der Waals surface area contributed by atoms with Crippen LogP contribution in [-0.4, -0.2) is 33.6 Å². The average Bonchev–Trinajstić information content (AvgIpc) is 3.47. The number of aryl methyl sites for hydroxylation is 2. The smallest absolute Gasteiger partial charge is 0.273 e. The monoisotopic (exact) mass is 532 g/mol. The van der Waals surface area contributed by atoms with E-state index in [1.807, 2.05) is 56.3 Å². The minimum absolute atomic E-state index is 0.0412. The number of primary amides is 1. The number of benzene rings is 2. The molecule has 0 aliphatic heterocycles. The lowest BCUT2D eigenvalue weighted by molar-refractivity contribution is -0.122. The van der Waals surface area contributed by atoms with Crippen molar-refractivity contribution in [2.24, 2.45) is 11.7 Å². The molecule has 9 nitrogen and oxygen atoms in total. The molecule has 0 saturated heterocycles. The van der Waals surface area contributed by atoms with Gasteiger partial charge in [0.05, 0.1) is 5.69 Å². The minimum Gasteiger partial charge on any atom is -0.395 e. The van der Waals surface area contributed by atoms with Crippen LogP contribution >= 0.6 is 11.5 Å². The fourth-order valence-corrected chi connectivity index (χ4v) is 5.12. The van der Waals surface area contributed by atoms with Crippen LogP contribution in [0.25, 0.3) is 10.9 Å². The number of fused-ring (bicyclic) bond motifs is 1. The summed E-state index contributed by atoms with van der Waals surface area (Å²) < 4.78 is 4.03. The van der Waals surface area contributed by atoms with Gasteiger partial charge in [0, 0.05) is 34.9 Å². The Morgan fingerprint density at radius 1 is 1.13 bits per heavy atom. The lowest BCUT2D eigenvalue weighted by Gasteiger charge is -2.32. The molecule has 4 aromatic rings. The van der Waals surface area contributed by atoms with Crippen molar-refractivity contribution >= 4 is 51.5 Å². The third-order valence-corrected chi connectivity index (χ3v) is 7.29. The number of aromatic nitrogens is 2. The molecule has 6 N–H and O–H groups in total. The number of carbonyl (C=O) groups is 3. The molecule has 1 atom stereocenters. The summed E-state index contributed by atoms with van der Waals surface area (Å²) in [6.45, 7) is 8.42. The summed E-state index contributed by atoms with van der Waals surface area (Å²) >= 11 is 0.791. The number of aromatic amines is 1. The van der Waals surface area contributed by atoms with E-state index in [1.165, 1.54) is 4.90 Å². The van der Waals surface area contributed by atoms with E-state index < -0.39 is 17.9 Å². The molecule has 0 fully saturated rings. The number of nitrogens with two attached hydrogens (primary N) is 2. The summed E-state index contributed by atoms with van der Waals surface area (Å²) in [7, 11) is 0. The van der Waals surface area contributed by atoms with Crippen LogP contribution in [0.5, 0.6) is 0 Å². The molecule has 38 heavy (non-hydrogen) atoms. The summed E-state index contributed by atoms with van der Waals surface area (Å²) in [5.74, 6) is -1.31. The van der Waals surface area contributed by atoms with E-state index in [4.69, 9.17) is 11.5 Å². The molecule has 0 spiro atoms. The second kappa shape index (κ2) is 11.1. The number of rotatable bonds is 9. The van der Waals surface area contributed by atoms with E-state index in [-0.39, 0.29) is 22.2 Å². The van der Waals surface area contributed by atoms with Gasteiger partial charge >= 0.3 is 0 Å². The Morgan fingerprint density at radius 3 is 2.55 bits per heavy atom. The van der Waals surface area contributed by atoms with Crippen LogP contribution in [0, 0.1) is 19.8 Å². The predicted octanol–water partition coefficient (Wildman–Crippen LogP) is 4.47. The maximum absolute atomic E-state index is 14.3. The van der Waals surface area contributed by atoms with Gasteiger partial charge in [-0.05, 0) is 61.0 Å². The van der Waals surface area contributed by atoms with Gasteiger partial charge in [-0.3, -0.25) is 19.3 Å². The van der Waals surface area contributed by atoms with E-state index in [0.717, 1.165) is 40.0 Å². The van der Waals surface area contributed by atoms with E-state index in [0.29, 0.717) is 23.7 Å². The average molecular weight is 533 g/mol. The molecule has 0 radical (unpaired) electrons. The van der Waals surface area contributed by atoms with Crippen LogP contribution in [0.1, 0.15) is 63.2 Å². The molecule has 3 amide bonds. The van der Waals surface area contributed by atoms with Crippen molar-refractivity contribution in [1.29, 1.82) is 0 Å². The number of carbonyl (C=O) groups excluding carboxylic acids is 3. The Labute approximate surface area is 225 Å². The molecule has 0 saturated carbocycles. The Balaban J connectivity index is 1.94. The summed E-state index contributed by atoms with van der Waals surface area (Å²) in [6, 6.07) is 12.3. The second-order valence-electron chi connectivity index (χ2n) is 9.77. The highest BCUT2D eigenvalue weighted by Gasteiger charge is 2.37. The Kier molecular flexibility index (Phi) is 7.82. The Bertz CT molecular complexity index is 1510. The predicted molar refractivity (Wildman–Crippen MR) is 151 cm³/mol. The van der Waals surface area contributed by atoms with Crippen molar-refractivity contribution in [1.82, 2.24) is 14.7 Å². The first kappa shape index (κ1) is 26.9. The first-order valence-electron chi connectivity index (χ1n) is 12.4. The number of para-hydroxylation sites is 1. The maximum atomic E-state index is 14.3. The number of nitrogens with one attached hydrogen (secondary N) is 2. The number of hydrogen-bond donors (Lipinski definition) is 4. The largest absolute Gasteiger partial charge is 0.395 e. The molecular weight excluding hydrogens is 500 g/mol. The highest BCUT2D eigenvalue weighted by molar-refractivity contribution is 7.09. The minimum atomic E-state index is -1.04. The highest BCUT2D eigenvalue weighted by atomic mass is 32.1. The summed E-state index contributed by atoms with van der Waals surface area (Å²) in [5.41, 5.74) is 15.1. The van der Waals surface area contributed by atoms with Crippen molar-refractivity contribution < 1.29 is 14.4 Å². The standard InChI is InChI=1S/C28H32N6O3S/c1-15(2)11-12-31-27(36)24(19-14-32-20-8-6-5-7-18(19)20)34(21-13-16(3)9-10-17(21)4)28(37)25-22(29)23(26(30)35)33-38-25/h5-10,13-15,24,32H,11-12,29H2,1-4H3,(H2,30,35)(H,31,36). The van der Waals surface area contributed by atoms with E-state index in [1.54, 1.807) is 6.20 Å². The molecule has 10 heteroatoms. The van der Waals surface area contributed by atoms with E-state index >= 15 is 0 Å². The molecule has 0 aliphatic rings. The van der Waals surface area contributed by atoms with Crippen LogP contribution in [-0.2, 0) is 4.79 Å². The van der Waals surface area contributed by atoms with Gasteiger partial charge in [-0.25, -0.2) is 0 Å². The first-order chi connectivity index (χ1) is 18.1. The van der Waals surface area contributed by atoms with Crippen LogP contribution in [0.15, 0.2) is 48.7 Å². The van der Waals surface area contributed by atoms with Gasteiger partial charge in [-0.15, -0.1) is 0 Å². The zero-order valence-electron chi connectivity index (χ0n) is 21.9. The van der Waals surface area contributed by atoms with Crippen molar-refractivity contribution in [3.8, 4) is 0 Å². The van der Waals surface area contributed by atoms with Gasteiger partial charge < -0.3 is 21.8 Å². The van der Waals surface area contributed by atoms with Crippen molar-refractivity contribution in [3.63, 3.8) is 0 Å². The number of H-pyrrole nitrogens is 1. The molecule has 4 rings (SSSR count). The number of nitrogens with zero attached hydrogens (tertiary/aromatic N) is 2. The fourth-order valence-electron chi connectivity index (χ4n) is 4.38. The molecular formula is C28H32N6O3S. The quantitative estimate of drug-likeness (QED) is 0.251. The van der Waals surface area contributed by atoms with Crippen LogP contribution in [0.3, 0.4) is 0 Å². The van der Waals surface area contributed by atoms with Crippen LogP contribution < -0.4 is 21.7 Å². The third-order valence-electron chi connectivity index (χ3n) is 6.44. The maximum Gasteiger partial charge on any atom is 0.273 e. The zero-order chi connectivity index (χ0) is 27.6. The van der Waals surface area contributed by atoms with E-state index in [2.05, 4.69) is 28.5 Å². The molecule has 1 unspecified atom stereocenters. The van der Waals surface area contributed by atoms with Gasteiger partial charge in [0.1, 0.15) is 10.9 Å². The van der Waals surface area contributed by atoms with Crippen molar-refractivity contribution in [2.75, 3.05) is 17.2 Å². The molecule has 0 aliphatic carbocycles. The molecule has 198 valence electrons. The summed E-state index contributed by atoms with van der Waals surface area (Å²) in [5, 5.41) is 3.85. The van der Waals surface area contributed by atoms with Crippen LogP contribution in [0.4, 0.5) is 11.4 Å². The van der Waals surface area contributed by atoms with Gasteiger partial charge in [-0.1, -0.05) is 44.2 Å². The number of nitrogen functional groups attached to an aromatic ring is 1. The first-order valence-corrected chi connectivity index (χ1v) is 13.2. The Hall–Kier alpha value is -4.18. The number of hydrogen-bond acceptors (Lipinski definition) is 6. The number of amides is 3. The zero-order valence-corrected chi connectivity index (χ0v) is 22.7. The topological polar surface area (TPSA) is 147 Å². The van der Waals surface area contributed by atoms with Crippen molar-refractivity contribution in [3.05, 3.63) is 75.9 Å². The highest BCUT2D eigenvalue weighted by Crippen LogP contribution is 2.37. The molecule has 2 aromatic carbocycles. The van der Waals surface area contributed by atoms with Gasteiger partial charge in [0.2, 0.25) is 5.91 Å². The van der Waals surface area contributed by atoms with E-state index in [9.17, 15) is 14.4 Å².